The van der Waals surface area contributed by atoms with E-state index in [0.29, 0.717) is 18.6 Å². The first-order valence-corrected chi connectivity index (χ1v) is 7.28. The Kier molecular flexibility index (Phi) is 7.09. The highest BCUT2D eigenvalue weighted by molar-refractivity contribution is 5.67. The van der Waals surface area contributed by atoms with Crippen molar-refractivity contribution in [3.63, 3.8) is 0 Å². The number of nitrogens with zero attached hydrogens (tertiary/aromatic N) is 1. The highest BCUT2D eigenvalue weighted by Gasteiger charge is 2.22. The van der Waals surface area contributed by atoms with Crippen molar-refractivity contribution in [2.45, 2.75) is 52.5 Å². The van der Waals surface area contributed by atoms with Crippen molar-refractivity contribution < 1.29 is 9.53 Å². The van der Waals surface area contributed by atoms with Crippen LogP contribution in [0.2, 0.25) is 0 Å². The average molecular weight is 256 g/mol. The summed E-state index contributed by atoms with van der Waals surface area (Å²) in [6.45, 7) is 9.68. The highest BCUT2D eigenvalue weighted by Crippen LogP contribution is 2.10. The van der Waals surface area contributed by atoms with E-state index in [2.05, 4.69) is 26.1 Å². The van der Waals surface area contributed by atoms with Gasteiger partial charge in [-0.2, -0.15) is 0 Å². The second-order valence-corrected chi connectivity index (χ2v) is 5.55. The number of ether oxygens (including phenoxy) is 1. The summed E-state index contributed by atoms with van der Waals surface area (Å²) >= 11 is 0. The number of hydrogen-bond donors (Lipinski definition) is 1. The van der Waals surface area contributed by atoms with Gasteiger partial charge < -0.3 is 15.0 Å². The van der Waals surface area contributed by atoms with Gasteiger partial charge in [-0.05, 0) is 31.7 Å². The number of carbonyl (C=O) groups is 1. The van der Waals surface area contributed by atoms with Crippen molar-refractivity contribution in [1.29, 1.82) is 0 Å². The third-order valence-electron chi connectivity index (χ3n) is 3.22. The van der Waals surface area contributed by atoms with Crippen molar-refractivity contribution >= 4 is 6.09 Å². The van der Waals surface area contributed by atoms with E-state index in [0.717, 1.165) is 45.3 Å². The molecule has 18 heavy (non-hydrogen) atoms. The van der Waals surface area contributed by atoms with Gasteiger partial charge in [-0.3, -0.25) is 0 Å². The summed E-state index contributed by atoms with van der Waals surface area (Å²) in [7, 11) is 0. The van der Waals surface area contributed by atoms with Crippen LogP contribution in [0.5, 0.6) is 0 Å². The molecule has 0 aliphatic carbocycles. The van der Waals surface area contributed by atoms with Gasteiger partial charge in [-0.15, -0.1) is 0 Å². The maximum atomic E-state index is 11.9. The molecule has 0 bridgehead atoms. The fourth-order valence-electron chi connectivity index (χ4n) is 2.29. The summed E-state index contributed by atoms with van der Waals surface area (Å²) in [5, 5.41) is 3.52. The highest BCUT2D eigenvalue weighted by atomic mass is 16.6. The fraction of sp³-hybridized carbons (Fsp3) is 0.929. The van der Waals surface area contributed by atoms with Gasteiger partial charge in [0.05, 0.1) is 6.61 Å². The molecule has 1 saturated heterocycles. The lowest BCUT2D eigenvalue weighted by molar-refractivity contribution is 0.0995. The van der Waals surface area contributed by atoms with Crippen molar-refractivity contribution in [1.82, 2.24) is 10.2 Å². The summed E-state index contributed by atoms with van der Waals surface area (Å²) in [4.78, 5) is 13.8. The molecule has 1 unspecified atom stereocenters. The molecule has 0 aromatic heterocycles. The van der Waals surface area contributed by atoms with Crippen molar-refractivity contribution in [2.24, 2.45) is 5.92 Å². The minimum Gasteiger partial charge on any atom is -0.449 e. The van der Waals surface area contributed by atoms with Crippen LogP contribution in [0, 0.1) is 5.92 Å². The van der Waals surface area contributed by atoms with Crippen LogP contribution < -0.4 is 5.32 Å². The molecule has 0 saturated carbocycles. The van der Waals surface area contributed by atoms with E-state index in [1.165, 1.54) is 0 Å². The normalized spacial score (nSPS) is 20.9. The molecule has 0 aromatic rings. The lowest BCUT2D eigenvalue weighted by atomic mass is 10.0. The second kappa shape index (κ2) is 8.35. The van der Waals surface area contributed by atoms with Gasteiger partial charge in [0.15, 0.2) is 0 Å². The molecule has 1 N–H and O–H groups in total. The van der Waals surface area contributed by atoms with E-state index in [1.807, 2.05) is 4.90 Å². The van der Waals surface area contributed by atoms with Gasteiger partial charge in [0.1, 0.15) is 0 Å². The zero-order valence-electron chi connectivity index (χ0n) is 12.1. The second-order valence-electron chi connectivity index (χ2n) is 5.55. The number of nitrogens with one attached hydrogen (secondary N) is 1. The molecular formula is C14H28N2O2. The largest absolute Gasteiger partial charge is 0.449 e. The SMILES string of the molecule is CCCCOC(=O)N1CCCNC(CC(C)C)C1. The lowest BCUT2D eigenvalue weighted by Gasteiger charge is -2.25. The quantitative estimate of drug-likeness (QED) is 0.769. The molecule has 1 amide bonds. The average Bonchev–Trinajstić information content (AvgIpc) is 2.54. The summed E-state index contributed by atoms with van der Waals surface area (Å²) in [5.74, 6) is 0.651. The van der Waals surface area contributed by atoms with Crippen LogP contribution in [0.3, 0.4) is 0 Å². The molecule has 4 nitrogen and oxygen atoms in total. The third kappa shape index (κ3) is 5.71. The van der Waals surface area contributed by atoms with Gasteiger partial charge in [0.2, 0.25) is 0 Å². The van der Waals surface area contributed by atoms with Crippen LogP contribution >= 0.6 is 0 Å². The monoisotopic (exact) mass is 256 g/mol. The van der Waals surface area contributed by atoms with E-state index in [4.69, 9.17) is 4.74 Å². The number of carbonyl (C=O) groups excluding carboxylic acids is 1. The minimum atomic E-state index is -0.138. The number of hydrogen-bond acceptors (Lipinski definition) is 3. The Balaban J connectivity index is 2.40. The first kappa shape index (κ1) is 15.3. The Morgan fingerprint density at radius 1 is 1.50 bits per heavy atom. The van der Waals surface area contributed by atoms with E-state index >= 15 is 0 Å². The number of unbranched alkanes of at least 4 members (excludes halogenated alkanes) is 1. The zero-order chi connectivity index (χ0) is 13.4. The maximum Gasteiger partial charge on any atom is 0.409 e. The molecule has 0 radical (unpaired) electrons. The maximum absolute atomic E-state index is 11.9. The molecule has 1 fully saturated rings. The van der Waals surface area contributed by atoms with Gasteiger partial charge in [-0.25, -0.2) is 4.79 Å². The minimum absolute atomic E-state index is 0.138. The lowest BCUT2D eigenvalue weighted by Crippen LogP contribution is -2.41. The van der Waals surface area contributed by atoms with E-state index in [1.54, 1.807) is 0 Å². The van der Waals surface area contributed by atoms with Gasteiger partial charge in [0.25, 0.3) is 0 Å². The third-order valence-corrected chi connectivity index (χ3v) is 3.22. The Labute approximate surface area is 111 Å². The van der Waals surface area contributed by atoms with Gasteiger partial charge in [-0.1, -0.05) is 27.2 Å². The number of amides is 1. The first-order valence-electron chi connectivity index (χ1n) is 7.28. The fourth-order valence-corrected chi connectivity index (χ4v) is 2.29. The van der Waals surface area contributed by atoms with Crippen LogP contribution in [-0.4, -0.2) is 43.3 Å². The molecule has 1 aliphatic heterocycles. The van der Waals surface area contributed by atoms with E-state index in [9.17, 15) is 4.79 Å². The molecule has 1 heterocycles. The summed E-state index contributed by atoms with van der Waals surface area (Å²) in [5.41, 5.74) is 0. The topological polar surface area (TPSA) is 41.6 Å². The van der Waals surface area contributed by atoms with Crippen molar-refractivity contribution in [3.8, 4) is 0 Å². The van der Waals surface area contributed by atoms with Crippen LogP contribution in [0.1, 0.15) is 46.5 Å². The Hall–Kier alpha value is -0.770. The molecule has 0 spiro atoms. The summed E-state index contributed by atoms with van der Waals surface area (Å²) < 4.78 is 5.29. The van der Waals surface area contributed by atoms with Crippen molar-refractivity contribution in [2.75, 3.05) is 26.2 Å². The zero-order valence-corrected chi connectivity index (χ0v) is 12.1. The van der Waals surface area contributed by atoms with Crippen LogP contribution in [0.15, 0.2) is 0 Å². The molecule has 1 aliphatic rings. The van der Waals surface area contributed by atoms with Crippen LogP contribution in [0.4, 0.5) is 4.79 Å². The van der Waals surface area contributed by atoms with E-state index in [-0.39, 0.29) is 6.09 Å². The Morgan fingerprint density at radius 2 is 2.28 bits per heavy atom. The summed E-state index contributed by atoms with van der Waals surface area (Å²) in [6.07, 6.45) is 4.00. The molecule has 1 rings (SSSR count). The summed E-state index contributed by atoms with van der Waals surface area (Å²) in [6, 6.07) is 0.409. The smallest absolute Gasteiger partial charge is 0.409 e. The number of rotatable bonds is 5. The Morgan fingerprint density at radius 3 is 2.94 bits per heavy atom. The van der Waals surface area contributed by atoms with Crippen molar-refractivity contribution in [3.05, 3.63) is 0 Å². The Bertz CT molecular complexity index is 244. The van der Waals surface area contributed by atoms with E-state index < -0.39 is 0 Å². The van der Waals surface area contributed by atoms with Gasteiger partial charge in [0, 0.05) is 19.1 Å². The predicted octanol–water partition coefficient (Wildman–Crippen LogP) is 2.63. The predicted molar refractivity (Wildman–Crippen MR) is 73.7 cm³/mol. The molecular weight excluding hydrogens is 228 g/mol. The molecule has 0 aromatic carbocycles. The molecule has 106 valence electrons. The van der Waals surface area contributed by atoms with Crippen LogP contribution in [-0.2, 0) is 4.74 Å². The van der Waals surface area contributed by atoms with Crippen LogP contribution in [0.25, 0.3) is 0 Å². The van der Waals surface area contributed by atoms with Gasteiger partial charge >= 0.3 is 6.09 Å². The standard InChI is InChI=1S/C14H28N2O2/c1-4-5-9-18-14(17)16-8-6-7-15-13(11-16)10-12(2)3/h12-13,15H,4-11H2,1-3H3. The molecule has 1 atom stereocenters. The molecule has 4 heteroatoms. The first-order chi connectivity index (χ1) is 8.63.